The molecule has 1 aliphatic rings. The van der Waals surface area contributed by atoms with E-state index in [1.54, 1.807) is 54.9 Å². The fourth-order valence-corrected chi connectivity index (χ4v) is 5.63. The van der Waals surface area contributed by atoms with Gasteiger partial charge in [0.05, 0.1) is 17.7 Å². The van der Waals surface area contributed by atoms with Gasteiger partial charge in [-0.1, -0.05) is 24.3 Å². The number of aromatic nitrogens is 1. The molecule has 0 unspecified atom stereocenters. The van der Waals surface area contributed by atoms with Crippen LogP contribution in [0.5, 0.6) is 11.5 Å². The molecular formula is C25H21N3O5S. The molecule has 34 heavy (non-hydrogen) atoms. The Hall–Kier alpha value is -4.11. The lowest BCUT2D eigenvalue weighted by molar-refractivity contribution is -0.114. The monoisotopic (exact) mass is 475 g/mol. The van der Waals surface area contributed by atoms with Gasteiger partial charge in [0.25, 0.3) is 10.0 Å². The highest BCUT2D eigenvalue weighted by molar-refractivity contribution is 7.93. The van der Waals surface area contributed by atoms with Gasteiger partial charge in [-0.05, 0) is 47.3 Å². The second-order valence-corrected chi connectivity index (χ2v) is 9.53. The van der Waals surface area contributed by atoms with Crippen molar-refractivity contribution in [2.45, 2.75) is 11.5 Å². The summed E-state index contributed by atoms with van der Waals surface area (Å²) < 4.78 is 38.6. The largest absolute Gasteiger partial charge is 0.493 e. The lowest BCUT2D eigenvalue weighted by Crippen LogP contribution is -2.35. The van der Waals surface area contributed by atoms with Crippen LogP contribution in [0.2, 0.25) is 0 Å². The Bertz CT molecular complexity index is 1480. The molecule has 1 aliphatic heterocycles. The van der Waals surface area contributed by atoms with Gasteiger partial charge in [0.1, 0.15) is 13.2 Å². The van der Waals surface area contributed by atoms with Crippen molar-refractivity contribution in [2.75, 3.05) is 23.3 Å². The third-order valence-corrected chi connectivity index (χ3v) is 7.36. The molecule has 0 fully saturated rings. The van der Waals surface area contributed by atoms with Crippen molar-refractivity contribution in [3.63, 3.8) is 0 Å². The Morgan fingerprint density at radius 2 is 1.76 bits per heavy atom. The minimum Gasteiger partial charge on any atom is -0.493 e. The second-order valence-electron chi connectivity index (χ2n) is 7.70. The van der Waals surface area contributed by atoms with Gasteiger partial charge in [0, 0.05) is 29.5 Å². The van der Waals surface area contributed by atoms with E-state index in [1.165, 1.54) is 7.11 Å². The second kappa shape index (κ2) is 8.68. The van der Waals surface area contributed by atoms with E-state index >= 15 is 0 Å². The number of anilines is 2. The van der Waals surface area contributed by atoms with Gasteiger partial charge in [-0.2, -0.15) is 0 Å². The van der Waals surface area contributed by atoms with E-state index in [-0.39, 0.29) is 11.4 Å². The van der Waals surface area contributed by atoms with Gasteiger partial charge in [0.15, 0.2) is 11.5 Å². The van der Waals surface area contributed by atoms with E-state index in [0.717, 1.165) is 15.3 Å². The normalized spacial score (nSPS) is 13.6. The Labute approximate surface area is 196 Å². The number of carbonyl (C=O) groups is 1. The summed E-state index contributed by atoms with van der Waals surface area (Å²) in [4.78, 5) is 17.1. The van der Waals surface area contributed by atoms with Crippen LogP contribution < -0.4 is 19.1 Å². The van der Waals surface area contributed by atoms with Crippen LogP contribution in [-0.4, -0.2) is 33.0 Å². The molecule has 0 atom stereocenters. The molecule has 0 saturated heterocycles. The topological polar surface area (TPSA) is 97.8 Å². The van der Waals surface area contributed by atoms with Gasteiger partial charge in [-0.25, -0.2) is 8.42 Å². The summed E-state index contributed by atoms with van der Waals surface area (Å²) in [5, 5.41) is 4.21. The molecule has 1 aromatic heterocycles. The van der Waals surface area contributed by atoms with Gasteiger partial charge in [-0.3, -0.25) is 14.1 Å². The Morgan fingerprint density at radius 1 is 1.00 bits per heavy atom. The summed E-state index contributed by atoms with van der Waals surface area (Å²) in [7, 11) is -2.29. The molecule has 2 heterocycles. The molecule has 0 spiro atoms. The van der Waals surface area contributed by atoms with Crippen molar-refractivity contribution in [1.82, 2.24) is 4.98 Å². The number of amides is 1. The Kier molecular flexibility index (Phi) is 5.54. The number of carbonyl (C=O) groups excluding carboxylic acids is 1. The number of hydrogen-bond donors (Lipinski definition) is 1. The molecule has 1 amide bonds. The van der Waals surface area contributed by atoms with Crippen LogP contribution in [0.25, 0.3) is 10.8 Å². The van der Waals surface area contributed by atoms with Gasteiger partial charge < -0.3 is 14.8 Å². The van der Waals surface area contributed by atoms with E-state index in [0.29, 0.717) is 34.9 Å². The summed E-state index contributed by atoms with van der Waals surface area (Å²) in [6, 6.07) is 19.1. The van der Waals surface area contributed by atoms with Crippen LogP contribution in [0.15, 0.2) is 84.0 Å². The van der Waals surface area contributed by atoms with Gasteiger partial charge in [0.2, 0.25) is 5.91 Å². The van der Waals surface area contributed by atoms with Crippen LogP contribution >= 0.6 is 0 Å². The van der Waals surface area contributed by atoms with Crippen molar-refractivity contribution in [2.24, 2.45) is 0 Å². The maximum atomic E-state index is 13.1. The first kappa shape index (κ1) is 21.7. The number of methoxy groups -OCH3 is 1. The van der Waals surface area contributed by atoms with Crippen LogP contribution in [0.4, 0.5) is 11.4 Å². The molecule has 3 aromatic carbocycles. The number of hydrogen-bond acceptors (Lipinski definition) is 6. The Morgan fingerprint density at radius 3 is 2.53 bits per heavy atom. The molecule has 5 rings (SSSR count). The summed E-state index contributed by atoms with van der Waals surface area (Å²) in [6.07, 6.45) is 3.36. The smallest absolute Gasteiger partial charge is 0.265 e. The van der Waals surface area contributed by atoms with Crippen LogP contribution in [0.1, 0.15) is 5.56 Å². The minimum atomic E-state index is -3.82. The van der Waals surface area contributed by atoms with Crippen molar-refractivity contribution >= 4 is 38.1 Å². The number of ether oxygens (including phenoxy) is 2. The predicted molar refractivity (Wildman–Crippen MR) is 129 cm³/mol. The van der Waals surface area contributed by atoms with Crippen molar-refractivity contribution in [1.29, 1.82) is 0 Å². The highest BCUT2D eigenvalue weighted by Gasteiger charge is 2.36. The quantitative estimate of drug-likeness (QED) is 0.434. The minimum absolute atomic E-state index is 0.213. The van der Waals surface area contributed by atoms with Crippen molar-refractivity contribution in [3.8, 4) is 11.5 Å². The zero-order valence-electron chi connectivity index (χ0n) is 18.3. The lowest BCUT2D eigenvalue weighted by atomic mass is 10.1. The summed E-state index contributed by atoms with van der Waals surface area (Å²) in [5.41, 5.74) is 1.89. The predicted octanol–water partition coefficient (Wildman–Crippen LogP) is 3.97. The number of rotatable bonds is 7. The zero-order valence-corrected chi connectivity index (χ0v) is 19.1. The van der Waals surface area contributed by atoms with E-state index in [1.807, 2.05) is 24.3 Å². The number of benzene rings is 3. The van der Waals surface area contributed by atoms with Gasteiger partial charge >= 0.3 is 0 Å². The fourth-order valence-electron chi connectivity index (χ4n) is 3.97. The van der Waals surface area contributed by atoms with Crippen LogP contribution in [0, 0.1) is 0 Å². The van der Waals surface area contributed by atoms with Crippen LogP contribution in [0.3, 0.4) is 0 Å². The highest BCUT2D eigenvalue weighted by Crippen LogP contribution is 2.41. The Balaban J connectivity index is 1.35. The zero-order chi connectivity index (χ0) is 23.7. The molecular weight excluding hydrogens is 454 g/mol. The lowest BCUT2D eigenvalue weighted by Gasteiger charge is -2.19. The van der Waals surface area contributed by atoms with Gasteiger partial charge in [-0.15, -0.1) is 0 Å². The first-order chi connectivity index (χ1) is 16.5. The summed E-state index contributed by atoms with van der Waals surface area (Å²) >= 11 is 0. The molecule has 0 aliphatic carbocycles. The maximum absolute atomic E-state index is 13.1. The molecule has 4 aromatic rings. The first-order valence-corrected chi connectivity index (χ1v) is 12.0. The van der Waals surface area contributed by atoms with Crippen molar-refractivity contribution < 1.29 is 22.7 Å². The van der Waals surface area contributed by atoms with E-state index in [9.17, 15) is 13.2 Å². The standard InChI is InChI=1S/C25H21N3O5S/c1-32-21-9-8-19(14-22(21)33-16-17-10-12-26-13-11-17)27-24(29)15-28-20-6-2-4-18-5-3-7-23(25(18)20)34(28,30)31/h2-14H,15-16H2,1H3,(H,27,29). The summed E-state index contributed by atoms with van der Waals surface area (Å²) in [6.45, 7) is -0.0556. The molecule has 9 heteroatoms. The molecule has 172 valence electrons. The average molecular weight is 476 g/mol. The number of nitrogens with one attached hydrogen (secondary N) is 1. The average Bonchev–Trinajstić information content (AvgIpc) is 3.06. The molecule has 0 radical (unpaired) electrons. The molecule has 1 N–H and O–H groups in total. The van der Waals surface area contributed by atoms with E-state index in [4.69, 9.17) is 9.47 Å². The third kappa shape index (κ3) is 3.90. The van der Waals surface area contributed by atoms with Crippen LogP contribution in [-0.2, 0) is 21.4 Å². The third-order valence-electron chi connectivity index (χ3n) is 5.56. The molecule has 8 nitrogen and oxygen atoms in total. The fraction of sp³-hybridized carbons (Fsp3) is 0.120. The van der Waals surface area contributed by atoms with Crippen molar-refractivity contribution in [3.05, 3.63) is 84.7 Å². The first-order valence-electron chi connectivity index (χ1n) is 10.5. The summed E-state index contributed by atoms with van der Waals surface area (Å²) in [5.74, 6) is 0.484. The highest BCUT2D eigenvalue weighted by atomic mass is 32.2. The SMILES string of the molecule is COc1ccc(NC(=O)CN2c3cccc4cccc(c34)S2(=O)=O)cc1OCc1ccncc1. The number of pyridine rings is 1. The molecule has 0 saturated carbocycles. The molecule has 0 bridgehead atoms. The van der Waals surface area contributed by atoms with E-state index in [2.05, 4.69) is 10.3 Å². The van der Waals surface area contributed by atoms with E-state index < -0.39 is 15.9 Å². The maximum Gasteiger partial charge on any atom is 0.265 e. The number of sulfonamides is 1. The number of nitrogens with zero attached hydrogens (tertiary/aromatic N) is 2.